The van der Waals surface area contributed by atoms with Gasteiger partial charge < -0.3 is 24.6 Å². The number of unbranched alkanes of at least 4 members (excludes halogenated alkanes) is 2. The van der Waals surface area contributed by atoms with Crippen molar-refractivity contribution in [2.45, 2.75) is 73.8 Å². The average Bonchev–Trinajstić information content (AvgIpc) is 3.27. The van der Waals surface area contributed by atoms with Crippen LogP contribution in [0, 0.1) is 18.7 Å². The van der Waals surface area contributed by atoms with Crippen molar-refractivity contribution in [3.8, 4) is 11.5 Å². The number of rotatable bonds is 12. The molecule has 0 bridgehead atoms. The van der Waals surface area contributed by atoms with E-state index in [4.69, 9.17) is 14.5 Å². The Kier molecular flexibility index (Phi) is 14.5. The minimum Gasteiger partial charge on any atom is -0.489 e. The van der Waals surface area contributed by atoms with Crippen LogP contribution in [0.15, 0.2) is 77.7 Å². The van der Waals surface area contributed by atoms with Gasteiger partial charge in [0.1, 0.15) is 29.2 Å². The predicted octanol–water partition coefficient (Wildman–Crippen LogP) is 8.32. The van der Waals surface area contributed by atoms with Crippen molar-refractivity contribution in [1.29, 1.82) is 0 Å². The van der Waals surface area contributed by atoms with Crippen LogP contribution >= 0.6 is 0 Å². The third-order valence-electron chi connectivity index (χ3n) is 8.58. The minimum atomic E-state index is -0.473. The Morgan fingerprint density at radius 3 is 2.71 bits per heavy atom. The van der Waals surface area contributed by atoms with Gasteiger partial charge in [-0.05, 0) is 78.9 Å². The lowest BCUT2D eigenvalue weighted by molar-refractivity contribution is -0.112. The lowest BCUT2D eigenvalue weighted by Crippen LogP contribution is -2.30. The number of hydrazone groups is 1. The standard InChI is InChI=1S/C32H38FN7O2.C8H15NO/c1-6-9-10-12-39-18-21(4)19-41-29-17-27-30(38-32(29)39)31(35-20-34-27)37-26-14-22(5)28(16-25(26)33)42-24-11-13-40(36-8-3)23(7-2)15-24;1-7(9(3)4)5-6-8(2)10/h7-8,11,13-17,20-21H,6,9-10,12,18-19H2,1-5H3,(H,34,35,37);5-7H,1-4H3/b23-7+,36-8-;6-5+. The molecule has 0 radical (unpaired) electrons. The molecule has 0 saturated carbocycles. The van der Waals surface area contributed by atoms with E-state index in [-0.39, 0.29) is 11.5 Å². The maximum Gasteiger partial charge on any atom is 0.172 e. The van der Waals surface area contributed by atoms with Crippen molar-refractivity contribution < 1.29 is 18.7 Å². The first kappa shape index (κ1) is 39.7. The number of allylic oxidation sites excluding steroid dienone is 4. The summed E-state index contributed by atoms with van der Waals surface area (Å²) in [6, 6.07) is 5.34. The van der Waals surface area contributed by atoms with Crippen molar-refractivity contribution in [3.63, 3.8) is 0 Å². The summed E-state index contributed by atoms with van der Waals surface area (Å²) < 4.78 is 27.7. The van der Waals surface area contributed by atoms with E-state index in [1.165, 1.54) is 12.4 Å². The van der Waals surface area contributed by atoms with Crippen molar-refractivity contribution in [2.75, 3.05) is 44.0 Å². The fourth-order valence-corrected chi connectivity index (χ4v) is 5.45. The molecule has 52 heavy (non-hydrogen) atoms. The van der Waals surface area contributed by atoms with Gasteiger partial charge in [-0.15, -0.1) is 0 Å². The maximum atomic E-state index is 15.5. The van der Waals surface area contributed by atoms with E-state index in [1.807, 2.05) is 71.0 Å². The van der Waals surface area contributed by atoms with Gasteiger partial charge in [0.15, 0.2) is 23.2 Å². The van der Waals surface area contributed by atoms with Crippen LogP contribution in [0.2, 0.25) is 0 Å². The Labute approximate surface area is 307 Å². The molecule has 1 N–H and O–H groups in total. The molecule has 0 fully saturated rings. The molecule has 12 heteroatoms. The summed E-state index contributed by atoms with van der Waals surface area (Å²) in [4.78, 5) is 28.6. The number of aromatic nitrogens is 3. The van der Waals surface area contributed by atoms with Gasteiger partial charge in [-0.3, -0.25) is 4.79 Å². The zero-order chi connectivity index (χ0) is 37.8. The Balaban J connectivity index is 0.000000530. The van der Waals surface area contributed by atoms with E-state index in [0.717, 1.165) is 49.4 Å². The van der Waals surface area contributed by atoms with Gasteiger partial charge in [0.2, 0.25) is 0 Å². The predicted molar refractivity (Wildman–Crippen MR) is 209 cm³/mol. The molecule has 2 atom stereocenters. The van der Waals surface area contributed by atoms with Gasteiger partial charge >= 0.3 is 0 Å². The summed E-state index contributed by atoms with van der Waals surface area (Å²) in [6.45, 7) is 16.0. The third kappa shape index (κ3) is 10.7. The number of benzene rings is 1. The number of likely N-dealkylation sites (N-methyl/N-ethyl adjacent to an activating group) is 1. The molecule has 3 aromatic rings. The highest BCUT2D eigenvalue weighted by Gasteiger charge is 2.24. The zero-order valence-corrected chi connectivity index (χ0v) is 32.0. The number of halogens is 1. The number of carbonyl (C=O) groups is 1. The van der Waals surface area contributed by atoms with E-state index in [2.05, 4.69) is 39.1 Å². The molecule has 4 heterocycles. The molecular formula is C40H53FN8O3. The summed E-state index contributed by atoms with van der Waals surface area (Å²) >= 11 is 0. The fourth-order valence-electron chi connectivity index (χ4n) is 5.45. The number of aryl methyl sites for hydroxylation is 1. The second-order valence-electron chi connectivity index (χ2n) is 13.3. The Hall–Kier alpha value is -5.10. The number of ketones is 1. The van der Waals surface area contributed by atoms with Gasteiger partial charge in [-0.1, -0.05) is 38.8 Å². The monoisotopic (exact) mass is 712 g/mol. The highest BCUT2D eigenvalue weighted by Crippen LogP contribution is 2.36. The summed E-state index contributed by atoms with van der Waals surface area (Å²) in [7, 11) is 3.96. The normalized spacial score (nSPS) is 17.2. The molecule has 2 unspecified atom stereocenters. The molecule has 0 saturated heterocycles. The summed E-state index contributed by atoms with van der Waals surface area (Å²) in [6.07, 6.45) is 17.4. The van der Waals surface area contributed by atoms with Crippen LogP contribution in [0.3, 0.4) is 0 Å². The van der Waals surface area contributed by atoms with Crippen molar-refractivity contribution in [1.82, 2.24) is 24.9 Å². The van der Waals surface area contributed by atoms with Crippen LogP contribution in [0.25, 0.3) is 11.0 Å². The summed E-state index contributed by atoms with van der Waals surface area (Å²) in [5.74, 6) is 2.91. The molecule has 278 valence electrons. The van der Waals surface area contributed by atoms with Crippen LogP contribution < -0.4 is 19.7 Å². The molecular weight excluding hydrogens is 659 g/mol. The first-order chi connectivity index (χ1) is 24.9. The van der Waals surface area contributed by atoms with Crippen molar-refractivity contribution in [3.05, 3.63) is 83.9 Å². The van der Waals surface area contributed by atoms with Crippen LogP contribution in [0.1, 0.15) is 66.4 Å². The van der Waals surface area contributed by atoms with Crippen LogP contribution in [-0.4, -0.2) is 76.7 Å². The second-order valence-corrected chi connectivity index (χ2v) is 13.3. The van der Waals surface area contributed by atoms with E-state index < -0.39 is 5.82 Å². The van der Waals surface area contributed by atoms with Gasteiger partial charge in [0.05, 0.1) is 23.5 Å². The Morgan fingerprint density at radius 1 is 1.23 bits per heavy atom. The molecule has 5 rings (SSSR count). The fraction of sp³-hybridized carbons (Fsp3) is 0.425. The molecule has 2 aromatic heterocycles. The quantitative estimate of drug-likeness (QED) is 0.112. The highest BCUT2D eigenvalue weighted by atomic mass is 19.1. The van der Waals surface area contributed by atoms with Crippen LogP contribution in [-0.2, 0) is 4.79 Å². The SMILES string of the molecule is C/C=N\N1C=CC(Oc2cc(F)c(Nc3ncnc4cc5c(nc34)N(CCCCC)CC(C)CO5)cc2C)=C/C1=C\C.CC(=O)/C=C/C(C)N(C)C. The smallest absolute Gasteiger partial charge is 0.172 e. The molecule has 2 aliphatic heterocycles. The zero-order valence-electron chi connectivity index (χ0n) is 32.0. The third-order valence-corrected chi connectivity index (χ3v) is 8.58. The van der Waals surface area contributed by atoms with Gasteiger partial charge in [-0.2, -0.15) is 5.10 Å². The van der Waals surface area contributed by atoms with Gasteiger partial charge in [-0.25, -0.2) is 24.4 Å². The highest BCUT2D eigenvalue weighted by molar-refractivity contribution is 5.90. The number of carbonyl (C=O) groups excluding carboxylic acids is 1. The maximum absolute atomic E-state index is 15.5. The number of ether oxygens (including phenoxy) is 2. The number of anilines is 3. The van der Waals surface area contributed by atoms with Crippen molar-refractivity contribution in [2.24, 2.45) is 11.0 Å². The van der Waals surface area contributed by atoms with Gasteiger partial charge in [0.25, 0.3) is 0 Å². The van der Waals surface area contributed by atoms with E-state index >= 15 is 4.39 Å². The molecule has 0 aliphatic carbocycles. The topological polar surface area (TPSA) is 108 Å². The number of fused-ring (bicyclic) bond motifs is 2. The van der Waals surface area contributed by atoms with Crippen molar-refractivity contribution >= 4 is 40.4 Å². The Morgan fingerprint density at radius 2 is 2.02 bits per heavy atom. The van der Waals surface area contributed by atoms with E-state index in [0.29, 0.717) is 52.7 Å². The van der Waals surface area contributed by atoms with Gasteiger partial charge in [0, 0.05) is 55.7 Å². The first-order valence-electron chi connectivity index (χ1n) is 17.9. The minimum absolute atomic E-state index is 0.105. The van der Waals surface area contributed by atoms with E-state index in [1.54, 1.807) is 42.6 Å². The number of hydrogen-bond acceptors (Lipinski definition) is 11. The Bertz CT molecular complexity index is 1850. The van der Waals surface area contributed by atoms with Crippen LogP contribution in [0.5, 0.6) is 11.5 Å². The number of nitrogens with zero attached hydrogens (tertiary/aromatic N) is 7. The number of pyridine rings is 1. The molecule has 0 spiro atoms. The average molecular weight is 713 g/mol. The molecule has 2 aliphatic rings. The van der Waals surface area contributed by atoms with Crippen LogP contribution in [0.4, 0.5) is 21.7 Å². The summed E-state index contributed by atoms with van der Waals surface area (Å²) in [5, 5.41) is 9.19. The second kappa shape index (κ2) is 18.9. The lowest BCUT2D eigenvalue weighted by Gasteiger charge is -2.24. The molecule has 1 aromatic carbocycles. The first-order valence-corrected chi connectivity index (χ1v) is 17.9. The number of hydrogen-bond donors (Lipinski definition) is 1. The summed E-state index contributed by atoms with van der Waals surface area (Å²) in [5.41, 5.74) is 3.07. The molecule has 11 nitrogen and oxygen atoms in total. The van der Waals surface area contributed by atoms with E-state index in [9.17, 15) is 4.79 Å². The lowest BCUT2D eigenvalue weighted by atomic mass is 10.1. The number of nitrogens with one attached hydrogen (secondary N) is 1. The largest absolute Gasteiger partial charge is 0.489 e. The molecule has 0 amide bonds.